The molecule has 1 saturated heterocycles. The van der Waals surface area contributed by atoms with Gasteiger partial charge in [0.1, 0.15) is 0 Å². The molecule has 1 fully saturated rings. The molecular weight excluding hydrogens is 302 g/mol. The summed E-state index contributed by atoms with van der Waals surface area (Å²) >= 11 is 1.87. The molecule has 0 amide bonds. The molecule has 0 aliphatic carbocycles. The van der Waals surface area contributed by atoms with Crippen LogP contribution in [0.5, 0.6) is 0 Å². The average Bonchev–Trinajstić information content (AvgIpc) is 2.90. The van der Waals surface area contributed by atoms with Crippen LogP contribution in [0.4, 0.5) is 5.69 Å². The topological polar surface area (TPSA) is 39.4 Å². The number of rotatable bonds is 5. The standard InChI is InChI=1S/C19H27N3S/c1-6-14(4)18-12-23-19(22(18)11-13(2)3)21-17-8-7-16(10-20)9-15(17)5/h7-9,13-14,18H,6,11-12H2,1-5H3/t14?,18-/m1/s1. The summed E-state index contributed by atoms with van der Waals surface area (Å²) in [5, 5.41) is 10.1. The zero-order valence-electron chi connectivity index (χ0n) is 14.8. The molecule has 0 aromatic heterocycles. The van der Waals surface area contributed by atoms with Gasteiger partial charge in [-0.1, -0.05) is 45.9 Å². The van der Waals surface area contributed by atoms with E-state index in [-0.39, 0.29) is 0 Å². The van der Waals surface area contributed by atoms with Crippen molar-refractivity contribution in [1.82, 2.24) is 4.90 Å². The Morgan fingerprint density at radius 1 is 1.39 bits per heavy atom. The van der Waals surface area contributed by atoms with Crippen LogP contribution in [0.3, 0.4) is 0 Å². The first-order valence-electron chi connectivity index (χ1n) is 8.45. The maximum absolute atomic E-state index is 9.00. The van der Waals surface area contributed by atoms with Gasteiger partial charge in [0, 0.05) is 18.3 Å². The maximum atomic E-state index is 9.00. The second-order valence-electron chi connectivity index (χ2n) is 6.82. The van der Waals surface area contributed by atoms with Gasteiger partial charge in [-0.3, -0.25) is 0 Å². The predicted octanol–water partition coefficient (Wildman–Crippen LogP) is 4.97. The number of benzene rings is 1. The van der Waals surface area contributed by atoms with Crippen LogP contribution in [0, 0.1) is 30.1 Å². The number of hydrogen-bond acceptors (Lipinski definition) is 3. The minimum Gasteiger partial charge on any atom is -0.347 e. The van der Waals surface area contributed by atoms with Crippen molar-refractivity contribution < 1.29 is 0 Å². The van der Waals surface area contributed by atoms with Gasteiger partial charge in [0.2, 0.25) is 0 Å². The van der Waals surface area contributed by atoms with Crippen molar-refractivity contribution in [1.29, 1.82) is 5.26 Å². The first kappa shape index (κ1) is 17.9. The van der Waals surface area contributed by atoms with Crippen molar-refractivity contribution in [3.63, 3.8) is 0 Å². The van der Waals surface area contributed by atoms with Gasteiger partial charge < -0.3 is 4.90 Å². The summed E-state index contributed by atoms with van der Waals surface area (Å²) < 4.78 is 0. The molecule has 0 spiro atoms. The summed E-state index contributed by atoms with van der Waals surface area (Å²) in [7, 11) is 0. The fourth-order valence-electron chi connectivity index (χ4n) is 2.88. The molecule has 0 bridgehead atoms. The summed E-state index contributed by atoms with van der Waals surface area (Å²) in [5.41, 5.74) is 2.74. The quantitative estimate of drug-likeness (QED) is 0.765. The number of aryl methyl sites for hydroxylation is 1. The molecule has 0 radical (unpaired) electrons. The third kappa shape index (κ3) is 4.29. The van der Waals surface area contributed by atoms with Crippen LogP contribution < -0.4 is 0 Å². The lowest BCUT2D eigenvalue weighted by Gasteiger charge is -2.31. The molecule has 0 N–H and O–H groups in total. The van der Waals surface area contributed by atoms with Crippen molar-refractivity contribution in [3.05, 3.63) is 29.3 Å². The van der Waals surface area contributed by atoms with E-state index >= 15 is 0 Å². The Morgan fingerprint density at radius 2 is 2.13 bits per heavy atom. The van der Waals surface area contributed by atoms with Crippen molar-refractivity contribution >= 4 is 22.6 Å². The minimum absolute atomic E-state index is 0.574. The number of aliphatic imine (C=N–C) groups is 1. The van der Waals surface area contributed by atoms with Crippen LogP contribution in [0.15, 0.2) is 23.2 Å². The van der Waals surface area contributed by atoms with E-state index in [2.05, 4.69) is 38.7 Å². The number of amidine groups is 1. The van der Waals surface area contributed by atoms with E-state index in [1.807, 2.05) is 36.9 Å². The molecule has 124 valence electrons. The molecule has 1 aliphatic heterocycles. The van der Waals surface area contributed by atoms with E-state index in [0.717, 1.165) is 28.7 Å². The fourth-order valence-corrected chi connectivity index (χ4v) is 4.24. The van der Waals surface area contributed by atoms with E-state index in [0.29, 0.717) is 23.4 Å². The van der Waals surface area contributed by atoms with E-state index in [1.54, 1.807) is 0 Å². The van der Waals surface area contributed by atoms with Crippen LogP contribution in [0.25, 0.3) is 0 Å². The van der Waals surface area contributed by atoms with Crippen molar-refractivity contribution in [3.8, 4) is 6.07 Å². The molecule has 1 heterocycles. The van der Waals surface area contributed by atoms with Gasteiger partial charge in [-0.25, -0.2) is 4.99 Å². The molecule has 23 heavy (non-hydrogen) atoms. The molecule has 0 saturated carbocycles. The Hall–Kier alpha value is -1.47. The van der Waals surface area contributed by atoms with E-state index in [9.17, 15) is 0 Å². The predicted molar refractivity (Wildman–Crippen MR) is 100 cm³/mol. The highest BCUT2D eigenvalue weighted by atomic mass is 32.2. The Bertz CT molecular complexity index is 616. The molecule has 2 atom stereocenters. The van der Waals surface area contributed by atoms with Gasteiger partial charge >= 0.3 is 0 Å². The lowest BCUT2D eigenvalue weighted by Crippen LogP contribution is -2.40. The van der Waals surface area contributed by atoms with Crippen molar-refractivity contribution in [2.75, 3.05) is 12.3 Å². The van der Waals surface area contributed by atoms with Gasteiger partial charge in [-0.05, 0) is 42.5 Å². The van der Waals surface area contributed by atoms with Gasteiger partial charge in [0.05, 0.1) is 17.3 Å². The molecule has 1 unspecified atom stereocenters. The number of nitrogens with zero attached hydrogens (tertiary/aromatic N) is 3. The zero-order chi connectivity index (χ0) is 17.0. The molecule has 4 heteroatoms. The largest absolute Gasteiger partial charge is 0.347 e. The van der Waals surface area contributed by atoms with Crippen LogP contribution in [-0.4, -0.2) is 28.4 Å². The SMILES string of the molecule is CCC(C)[C@H]1CSC(=Nc2ccc(C#N)cc2C)N1CC(C)C. The number of thioether (sulfide) groups is 1. The highest BCUT2D eigenvalue weighted by molar-refractivity contribution is 8.14. The monoisotopic (exact) mass is 329 g/mol. The zero-order valence-corrected chi connectivity index (χ0v) is 15.7. The maximum Gasteiger partial charge on any atom is 0.164 e. The first-order chi connectivity index (χ1) is 11.0. The Kier molecular flexibility index (Phi) is 6.12. The minimum atomic E-state index is 0.574. The Labute approximate surface area is 144 Å². The third-order valence-corrected chi connectivity index (χ3v) is 5.53. The summed E-state index contributed by atoms with van der Waals surface area (Å²) in [5.74, 6) is 2.42. The van der Waals surface area contributed by atoms with Gasteiger partial charge in [-0.2, -0.15) is 5.26 Å². The summed E-state index contributed by atoms with van der Waals surface area (Å²) in [4.78, 5) is 7.43. The lowest BCUT2D eigenvalue weighted by atomic mass is 9.99. The average molecular weight is 330 g/mol. The molecular formula is C19H27N3S. The molecule has 3 nitrogen and oxygen atoms in total. The van der Waals surface area contributed by atoms with Gasteiger partial charge in [0.15, 0.2) is 5.17 Å². The summed E-state index contributed by atoms with van der Waals surface area (Å²) in [6.07, 6.45) is 1.20. The lowest BCUT2D eigenvalue weighted by molar-refractivity contribution is 0.245. The summed E-state index contributed by atoms with van der Waals surface area (Å²) in [6, 6.07) is 8.49. The van der Waals surface area contributed by atoms with E-state index < -0.39 is 0 Å². The number of nitriles is 1. The summed E-state index contributed by atoms with van der Waals surface area (Å²) in [6.45, 7) is 12.2. The molecule has 1 aliphatic rings. The number of hydrogen-bond donors (Lipinski definition) is 0. The fraction of sp³-hybridized carbons (Fsp3) is 0.579. The normalized spacial score (nSPS) is 21.0. The van der Waals surface area contributed by atoms with Gasteiger partial charge in [0.25, 0.3) is 0 Å². The van der Waals surface area contributed by atoms with Crippen LogP contribution >= 0.6 is 11.8 Å². The second-order valence-corrected chi connectivity index (χ2v) is 7.80. The molecule has 2 rings (SSSR count). The smallest absolute Gasteiger partial charge is 0.164 e. The van der Waals surface area contributed by atoms with Crippen LogP contribution in [0.1, 0.15) is 45.2 Å². The van der Waals surface area contributed by atoms with E-state index in [4.69, 9.17) is 10.3 Å². The van der Waals surface area contributed by atoms with Gasteiger partial charge in [-0.15, -0.1) is 0 Å². The van der Waals surface area contributed by atoms with Crippen molar-refractivity contribution in [2.45, 2.75) is 47.1 Å². The first-order valence-corrected chi connectivity index (χ1v) is 9.43. The molecule has 1 aromatic rings. The Balaban J connectivity index is 2.31. The second kappa shape index (κ2) is 7.88. The van der Waals surface area contributed by atoms with Crippen LogP contribution in [-0.2, 0) is 0 Å². The van der Waals surface area contributed by atoms with Crippen molar-refractivity contribution in [2.24, 2.45) is 16.8 Å². The third-order valence-electron chi connectivity index (χ3n) is 4.43. The Morgan fingerprint density at radius 3 is 2.70 bits per heavy atom. The highest BCUT2D eigenvalue weighted by Gasteiger charge is 2.33. The molecule has 1 aromatic carbocycles. The van der Waals surface area contributed by atoms with Crippen LogP contribution in [0.2, 0.25) is 0 Å². The highest BCUT2D eigenvalue weighted by Crippen LogP contribution is 2.33. The van der Waals surface area contributed by atoms with E-state index in [1.165, 1.54) is 6.42 Å².